The van der Waals surface area contributed by atoms with Gasteiger partial charge < -0.3 is 9.15 Å². The van der Waals surface area contributed by atoms with Crippen LogP contribution in [0.2, 0.25) is 5.02 Å². The van der Waals surface area contributed by atoms with E-state index >= 15 is 0 Å². The minimum Gasteiger partial charge on any atom is -0.492 e. The van der Waals surface area contributed by atoms with Crippen molar-refractivity contribution >= 4 is 27.5 Å². The van der Waals surface area contributed by atoms with Crippen LogP contribution in [0.25, 0.3) is 11.5 Å². The maximum absolute atomic E-state index is 5.85. The molecule has 130 valence electrons. The van der Waals surface area contributed by atoms with Gasteiger partial charge in [-0.3, -0.25) is 4.90 Å². The van der Waals surface area contributed by atoms with E-state index in [1.807, 2.05) is 55.6 Å². The fourth-order valence-corrected chi connectivity index (χ4v) is 2.74. The molecule has 1 heterocycles. The van der Waals surface area contributed by atoms with Crippen molar-refractivity contribution in [2.45, 2.75) is 6.54 Å². The quantitative estimate of drug-likeness (QED) is 0.554. The van der Waals surface area contributed by atoms with Crippen molar-refractivity contribution in [3.63, 3.8) is 0 Å². The Labute approximate surface area is 159 Å². The molecule has 0 bridgehead atoms. The third-order valence-corrected chi connectivity index (χ3v) is 4.24. The molecule has 0 amide bonds. The fourth-order valence-electron chi connectivity index (χ4n) is 2.22. The van der Waals surface area contributed by atoms with Crippen molar-refractivity contribution in [1.29, 1.82) is 0 Å². The number of aromatic nitrogens is 2. The SMILES string of the molecule is CN(CCOc1ccc(Cl)cc1)Cc1nnc(-c2cccc(Br)c2)o1. The van der Waals surface area contributed by atoms with Crippen LogP contribution in [-0.4, -0.2) is 35.3 Å². The van der Waals surface area contributed by atoms with Gasteiger partial charge in [0.15, 0.2) is 0 Å². The van der Waals surface area contributed by atoms with Crippen LogP contribution < -0.4 is 4.74 Å². The predicted octanol–water partition coefficient (Wildman–Crippen LogP) is 4.66. The molecule has 1 aromatic heterocycles. The first-order chi connectivity index (χ1) is 12.1. The number of nitrogens with zero attached hydrogens (tertiary/aromatic N) is 3. The van der Waals surface area contributed by atoms with Gasteiger partial charge in [0, 0.05) is 21.6 Å². The number of hydrogen-bond donors (Lipinski definition) is 0. The van der Waals surface area contributed by atoms with E-state index in [0.717, 1.165) is 22.3 Å². The normalized spacial score (nSPS) is 11.0. The van der Waals surface area contributed by atoms with E-state index in [9.17, 15) is 0 Å². The van der Waals surface area contributed by atoms with E-state index in [2.05, 4.69) is 31.0 Å². The monoisotopic (exact) mass is 421 g/mol. The second-order valence-electron chi connectivity index (χ2n) is 5.55. The zero-order valence-corrected chi connectivity index (χ0v) is 16.0. The van der Waals surface area contributed by atoms with Crippen molar-refractivity contribution < 1.29 is 9.15 Å². The van der Waals surface area contributed by atoms with Crippen LogP contribution in [0.4, 0.5) is 0 Å². The highest BCUT2D eigenvalue weighted by molar-refractivity contribution is 9.10. The zero-order valence-electron chi connectivity index (χ0n) is 13.7. The standard InChI is InChI=1S/C18H17BrClN3O2/c1-23(9-10-24-16-7-5-15(20)6-8-16)12-17-21-22-18(25-17)13-3-2-4-14(19)11-13/h2-8,11H,9-10,12H2,1H3. The van der Waals surface area contributed by atoms with Crippen LogP contribution in [0.15, 0.2) is 57.4 Å². The summed E-state index contributed by atoms with van der Waals surface area (Å²) in [5.74, 6) is 1.89. The number of ether oxygens (including phenoxy) is 1. The summed E-state index contributed by atoms with van der Waals surface area (Å²) in [5.41, 5.74) is 0.891. The molecular formula is C18H17BrClN3O2. The Hall–Kier alpha value is -1.89. The summed E-state index contributed by atoms with van der Waals surface area (Å²) in [5, 5.41) is 8.91. The first-order valence-electron chi connectivity index (χ1n) is 7.75. The summed E-state index contributed by atoms with van der Waals surface area (Å²) >= 11 is 9.29. The second kappa shape index (κ2) is 8.47. The molecular weight excluding hydrogens is 406 g/mol. The second-order valence-corrected chi connectivity index (χ2v) is 6.90. The summed E-state index contributed by atoms with van der Waals surface area (Å²) in [6, 6.07) is 15.1. The molecule has 0 spiro atoms. The molecule has 0 aliphatic carbocycles. The van der Waals surface area contributed by atoms with Crippen LogP contribution in [0.1, 0.15) is 5.89 Å². The number of halogens is 2. The molecule has 3 rings (SSSR count). The fraction of sp³-hybridized carbons (Fsp3) is 0.222. The molecule has 0 atom stereocenters. The average molecular weight is 423 g/mol. The Kier molecular flexibility index (Phi) is 6.07. The highest BCUT2D eigenvalue weighted by Crippen LogP contribution is 2.22. The summed E-state index contributed by atoms with van der Waals surface area (Å²) in [4.78, 5) is 2.06. The Morgan fingerprint density at radius 3 is 2.72 bits per heavy atom. The highest BCUT2D eigenvalue weighted by Gasteiger charge is 2.11. The minimum atomic E-state index is 0.516. The number of benzene rings is 2. The van der Waals surface area contributed by atoms with Gasteiger partial charge in [-0.2, -0.15) is 0 Å². The van der Waals surface area contributed by atoms with Gasteiger partial charge in [-0.1, -0.05) is 33.6 Å². The molecule has 0 saturated heterocycles. The van der Waals surface area contributed by atoms with Gasteiger partial charge in [-0.25, -0.2) is 0 Å². The maximum Gasteiger partial charge on any atom is 0.247 e. The largest absolute Gasteiger partial charge is 0.492 e. The van der Waals surface area contributed by atoms with Crippen molar-refractivity contribution in [1.82, 2.24) is 15.1 Å². The van der Waals surface area contributed by atoms with Crippen molar-refractivity contribution in [2.75, 3.05) is 20.2 Å². The Balaban J connectivity index is 1.49. The highest BCUT2D eigenvalue weighted by atomic mass is 79.9. The van der Waals surface area contributed by atoms with Crippen LogP contribution in [0.5, 0.6) is 5.75 Å². The zero-order chi connectivity index (χ0) is 17.6. The van der Waals surface area contributed by atoms with Gasteiger partial charge in [0.1, 0.15) is 12.4 Å². The van der Waals surface area contributed by atoms with Crippen LogP contribution in [0, 0.1) is 0 Å². The molecule has 0 fully saturated rings. The first-order valence-corrected chi connectivity index (χ1v) is 8.92. The smallest absolute Gasteiger partial charge is 0.247 e. The van der Waals surface area contributed by atoms with Gasteiger partial charge in [-0.05, 0) is 49.5 Å². The lowest BCUT2D eigenvalue weighted by molar-refractivity contribution is 0.220. The van der Waals surface area contributed by atoms with E-state index in [1.165, 1.54) is 0 Å². The lowest BCUT2D eigenvalue weighted by Crippen LogP contribution is -2.24. The third kappa shape index (κ3) is 5.29. The number of likely N-dealkylation sites (N-methyl/N-ethyl adjacent to an activating group) is 1. The van der Waals surface area contributed by atoms with Gasteiger partial charge in [-0.15, -0.1) is 10.2 Å². The molecule has 5 nitrogen and oxygen atoms in total. The molecule has 2 aromatic carbocycles. The number of hydrogen-bond acceptors (Lipinski definition) is 5. The first kappa shape index (κ1) is 17.9. The lowest BCUT2D eigenvalue weighted by Gasteiger charge is -2.14. The number of rotatable bonds is 7. The predicted molar refractivity (Wildman–Crippen MR) is 101 cm³/mol. The van der Waals surface area contributed by atoms with Gasteiger partial charge >= 0.3 is 0 Å². The molecule has 0 saturated carbocycles. The molecule has 25 heavy (non-hydrogen) atoms. The Bertz CT molecular complexity index is 823. The molecule has 3 aromatic rings. The van der Waals surface area contributed by atoms with E-state index in [0.29, 0.717) is 30.0 Å². The summed E-state index contributed by atoms with van der Waals surface area (Å²) in [6.07, 6.45) is 0. The summed E-state index contributed by atoms with van der Waals surface area (Å²) in [6.45, 7) is 1.85. The van der Waals surface area contributed by atoms with Crippen LogP contribution in [-0.2, 0) is 6.54 Å². The van der Waals surface area contributed by atoms with Gasteiger partial charge in [0.25, 0.3) is 0 Å². The molecule has 0 radical (unpaired) electrons. The summed E-state index contributed by atoms with van der Waals surface area (Å²) < 4.78 is 12.4. The van der Waals surface area contributed by atoms with E-state index in [1.54, 1.807) is 0 Å². The third-order valence-electron chi connectivity index (χ3n) is 3.50. The molecule has 0 aliphatic heterocycles. The van der Waals surface area contributed by atoms with Crippen LogP contribution in [0.3, 0.4) is 0 Å². The van der Waals surface area contributed by atoms with Gasteiger partial charge in [0.2, 0.25) is 11.8 Å². The average Bonchev–Trinajstić information content (AvgIpc) is 3.05. The van der Waals surface area contributed by atoms with Crippen LogP contribution >= 0.6 is 27.5 Å². The Morgan fingerprint density at radius 1 is 1.16 bits per heavy atom. The van der Waals surface area contributed by atoms with Crippen molar-refractivity contribution in [3.05, 3.63) is 63.9 Å². The molecule has 0 aliphatic rings. The topological polar surface area (TPSA) is 51.4 Å². The molecule has 0 unspecified atom stereocenters. The molecule has 0 N–H and O–H groups in total. The van der Waals surface area contributed by atoms with Gasteiger partial charge in [0.05, 0.1) is 6.54 Å². The van der Waals surface area contributed by atoms with E-state index in [4.69, 9.17) is 20.8 Å². The summed E-state index contributed by atoms with van der Waals surface area (Å²) in [7, 11) is 1.98. The minimum absolute atomic E-state index is 0.516. The van der Waals surface area contributed by atoms with E-state index in [-0.39, 0.29) is 0 Å². The lowest BCUT2D eigenvalue weighted by atomic mass is 10.2. The van der Waals surface area contributed by atoms with E-state index < -0.39 is 0 Å². The van der Waals surface area contributed by atoms with Crippen molar-refractivity contribution in [3.8, 4) is 17.2 Å². The Morgan fingerprint density at radius 2 is 1.96 bits per heavy atom. The van der Waals surface area contributed by atoms with Crippen molar-refractivity contribution in [2.24, 2.45) is 0 Å². The molecule has 7 heteroatoms. The maximum atomic E-state index is 5.85.